The van der Waals surface area contributed by atoms with Crippen molar-refractivity contribution in [1.82, 2.24) is 0 Å². The van der Waals surface area contributed by atoms with Gasteiger partial charge in [-0.3, -0.25) is 4.79 Å². The molecule has 0 aliphatic heterocycles. The third-order valence-corrected chi connectivity index (χ3v) is 4.52. The first kappa shape index (κ1) is 12.1. The van der Waals surface area contributed by atoms with Crippen LogP contribution in [0.3, 0.4) is 0 Å². The summed E-state index contributed by atoms with van der Waals surface area (Å²) in [5.74, 6) is 1.35. The summed E-state index contributed by atoms with van der Waals surface area (Å²) >= 11 is 0. The summed E-state index contributed by atoms with van der Waals surface area (Å²) in [6.07, 6.45) is 8.94. The van der Waals surface area contributed by atoms with E-state index < -0.39 is 5.60 Å². The minimum absolute atomic E-state index is 0.297. The van der Waals surface area contributed by atoms with Crippen molar-refractivity contribution in [2.75, 3.05) is 7.11 Å². The quantitative estimate of drug-likeness (QED) is 0.735. The Morgan fingerprint density at radius 3 is 2.44 bits per heavy atom. The fourth-order valence-electron chi connectivity index (χ4n) is 3.57. The highest BCUT2D eigenvalue weighted by atomic mass is 16.5. The molecule has 0 N–H and O–H groups in total. The van der Waals surface area contributed by atoms with Crippen LogP contribution in [-0.4, -0.2) is 18.5 Å². The SMILES string of the molecule is COC1(C(=O)C2CCCC2)CCCC(C)C1. The van der Waals surface area contributed by atoms with E-state index in [4.69, 9.17) is 4.74 Å². The van der Waals surface area contributed by atoms with Gasteiger partial charge in [0, 0.05) is 13.0 Å². The Morgan fingerprint density at radius 1 is 1.19 bits per heavy atom. The van der Waals surface area contributed by atoms with Crippen molar-refractivity contribution in [2.24, 2.45) is 11.8 Å². The smallest absolute Gasteiger partial charge is 0.167 e. The van der Waals surface area contributed by atoms with Crippen LogP contribution in [0, 0.1) is 11.8 Å². The summed E-state index contributed by atoms with van der Waals surface area (Å²) in [5.41, 5.74) is -0.424. The van der Waals surface area contributed by atoms with Crippen LogP contribution >= 0.6 is 0 Å². The zero-order chi connectivity index (χ0) is 11.6. The Bertz CT molecular complexity index is 255. The second kappa shape index (κ2) is 4.87. The predicted octanol–water partition coefficient (Wildman–Crippen LogP) is 3.34. The first-order chi connectivity index (χ1) is 7.68. The van der Waals surface area contributed by atoms with Crippen molar-refractivity contribution < 1.29 is 9.53 Å². The number of hydrogen-bond acceptors (Lipinski definition) is 2. The highest BCUT2D eigenvalue weighted by Crippen LogP contribution is 2.40. The van der Waals surface area contributed by atoms with Gasteiger partial charge in [0.25, 0.3) is 0 Å². The van der Waals surface area contributed by atoms with Crippen LogP contribution < -0.4 is 0 Å². The Kier molecular flexibility index (Phi) is 3.68. The van der Waals surface area contributed by atoms with Crippen LogP contribution in [0.5, 0.6) is 0 Å². The van der Waals surface area contributed by atoms with Crippen LogP contribution in [0.1, 0.15) is 58.3 Å². The molecular formula is C14H24O2. The number of methoxy groups -OCH3 is 1. The zero-order valence-corrected chi connectivity index (χ0v) is 10.6. The number of hydrogen-bond donors (Lipinski definition) is 0. The van der Waals surface area contributed by atoms with Crippen LogP contribution in [0.4, 0.5) is 0 Å². The topological polar surface area (TPSA) is 26.3 Å². The van der Waals surface area contributed by atoms with Crippen molar-refractivity contribution in [1.29, 1.82) is 0 Å². The molecule has 2 heteroatoms. The molecule has 2 rings (SSSR count). The molecule has 0 aromatic carbocycles. The second-order valence-corrected chi connectivity index (χ2v) is 5.75. The standard InChI is InChI=1S/C14H24O2/c1-11-6-5-9-14(10-11,16-2)13(15)12-7-3-4-8-12/h11-12H,3-10H2,1-2H3. The zero-order valence-electron chi connectivity index (χ0n) is 10.6. The van der Waals surface area contributed by atoms with E-state index in [2.05, 4.69) is 6.92 Å². The number of Topliss-reactive ketones (excluding diaryl/α,β-unsaturated/α-hetero) is 1. The molecule has 0 saturated heterocycles. The van der Waals surface area contributed by atoms with Gasteiger partial charge in [-0.15, -0.1) is 0 Å². The average molecular weight is 224 g/mol. The minimum Gasteiger partial charge on any atom is -0.370 e. The minimum atomic E-state index is -0.424. The van der Waals surface area contributed by atoms with E-state index in [0.29, 0.717) is 17.6 Å². The molecule has 0 amide bonds. The molecule has 2 unspecified atom stereocenters. The lowest BCUT2D eigenvalue weighted by Crippen LogP contribution is -2.47. The monoisotopic (exact) mass is 224 g/mol. The molecule has 0 aromatic heterocycles. The van der Waals surface area contributed by atoms with Gasteiger partial charge in [0.2, 0.25) is 0 Å². The molecule has 0 spiro atoms. The number of carbonyl (C=O) groups is 1. The highest BCUT2D eigenvalue weighted by Gasteiger charge is 2.44. The van der Waals surface area contributed by atoms with Crippen molar-refractivity contribution in [2.45, 2.75) is 63.9 Å². The van der Waals surface area contributed by atoms with Gasteiger partial charge >= 0.3 is 0 Å². The molecule has 2 saturated carbocycles. The van der Waals surface area contributed by atoms with Crippen molar-refractivity contribution in [3.63, 3.8) is 0 Å². The van der Waals surface area contributed by atoms with E-state index in [1.807, 2.05) is 0 Å². The van der Waals surface area contributed by atoms with E-state index in [1.165, 1.54) is 19.3 Å². The summed E-state index contributed by atoms with van der Waals surface area (Å²) in [4.78, 5) is 12.6. The van der Waals surface area contributed by atoms with Gasteiger partial charge in [-0.2, -0.15) is 0 Å². The molecule has 16 heavy (non-hydrogen) atoms. The van der Waals surface area contributed by atoms with Crippen molar-refractivity contribution in [3.05, 3.63) is 0 Å². The number of rotatable bonds is 3. The second-order valence-electron chi connectivity index (χ2n) is 5.75. The lowest BCUT2D eigenvalue weighted by Gasteiger charge is -2.39. The van der Waals surface area contributed by atoms with Gasteiger partial charge in [-0.1, -0.05) is 26.2 Å². The molecule has 0 radical (unpaired) electrons. The van der Waals surface area contributed by atoms with Gasteiger partial charge in [0.1, 0.15) is 5.60 Å². The van der Waals surface area contributed by atoms with Crippen molar-refractivity contribution in [3.8, 4) is 0 Å². The van der Waals surface area contributed by atoms with E-state index in [-0.39, 0.29) is 0 Å². The van der Waals surface area contributed by atoms with Gasteiger partial charge in [-0.05, 0) is 38.0 Å². The predicted molar refractivity (Wildman–Crippen MR) is 64.3 cm³/mol. The summed E-state index contributed by atoms with van der Waals surface area (Å²) in [7, 11) is 1.73. The molecule has 2 nitrogen and oxygen atoms in total. The van der Waals surface area contributed by atoms with Crippen LogP contribution in [-0.2, 0) is 9.53 Å². The molecular weight excluding hydrogens is 200 g/mol. The molecule has 0 heterocycles. The fourth-order valence-corrected chi connectivity index (χ4v) is 3.57. The first-order valence-corrected chi connectivity index (χ1v) is 6.77. The van der Waals surface area contributed by atoms with Gasteiger partial charge in [0.05, 0.1) is 0 Å². The number of ketones is 1. The lowest BCUT2D eigenvalue weighted by molar-refractivity contribution is -0.151. The van der Waals surface area contributed by atoms with Gasteiger partial charge in [-0.25, -0.2) is 0 Å². The maximum Gasteiger partial charge on any atom is 0.167 e. The molecule has 2 aliphatic rings. The third kappa shape index (κ3) is 2.17. The van der Waals surface area contributed by atoms with E-state index in [1.54, 1.807) is 7.11 Å². The first-order valence-electron chi connectivity index (χ1n) is 6.77. The maximum absolute atomic E-state index is 12.6. The molecule has 0 bridgehead atoms. The van der Waals surface area contributed by atoms with Crippen LogP contribution in [0.2, 0.25) is 0 Å². The average Bonchev–Trinajstić information content (AvgIpc) is 2.81. The summed E-state index contributed by atoms with van der Waals surface area (Å²) in [5, 5.41) is 0. The Morgan fingerprint density at radius 2 is 1.88 bits per heavy atom. The van der Waals surface area contributed by atoms with E-state index in [9.17, 15) is 4.79 Å². The van der Waals surface area contributed by atoms with Crippen molar-refractivity contribution >= 4 is 5.78 Å². The number of ether oxygens (including phenoxy) is 1. The highest BCUT2D eigenvalue weighted by molar-refractivity contribution is 5.89. The molecule has 2 atom stereocenters. The Labute approximate surface area is 98.7 Å². The summed E-state index contributed by atoms with van der Waals surface area (Å²) < 4.78 is 5.67. The summed E-state index contributed by atoms with van der Waals surface area (Å²) in [6.45, 7) is 2.24. The summed E-state index contributed by atoms with van der Waals surface area (Å²) in [6, 6.07) is 0. The molecule has 2 fully saturated rings. The van der Waals surface area contributed by atoms with E-state index >= 15 is 0 Å². The van der Waals surface area contributed by atoms with E-state index in [0.717, 1.165) is 32.1 Å². The van der Waals surface area contributed by atoms with Gasteiger partial charge in [0.15, 0.2) is 5.78 Å². The normalized spacial score (nSPS) is 36.5. The Balaban J connectivity index is 2.09. The van der Waals surface area contributed by atoms with Gasteiger partial charge < -0.3 is 4.74 Å². The molecule has 2 aliphatic carbocycles. The molecule has 0 aromatic rings. The maximum atomic E-state index is 12.6. The van der Waals surface area contributed by atoms with Crippen LogP contribution in [0.25, 0.3) is 0 Å². The third-order valence-electron chi connectivity index (χ3n) is 4.52. The van der Waals surface area contributed by atoms with Crippen LogP contribution in [0.15, 0.2) is 0 Å². The Hall–Kier alpha value is -0.370. The largest absolute Gasteiger partial charge is 0.370 e. The molecule has 92 valence electrons. The number of carbonyl (C=O) groups excluding carboxylic acids is 1. The fraction of sp³-hybridized carbons (Fsp3) is 0.929. The lowest BCUT2D eigenvalue weighted by atomic mass is 9.73.